The van der Waals surface area contributed by atoms with Gasteiger partial charge in [0.25, 0.3) is 0 Å². The molecule has 0 aliphatic heterocycles. The molecule has 0 aliphatic rings. The van der Waals surface area contributed by atoms with E-state index in [0.29, 0.717) is 11.3 Å². The molecule has 0 bridgehead atoms. The summed E-state index contributed by atoms with van der Waals surface area (Å²) < 4.78 is 0. The standard InChI is InChI=1S/C15H30O/c1-6-7-10-14(16)11-8-9-13(2)12-15(3,4)5/h8,11,13-14,16H,6-7,9-10,12H2,1-5H3. The van der Waals surface area contributed by atoms with E-state index >= 15 is 0 Å². The Bertz CT molecular complexity index is 188. The fourth-order valence-corrected chi connectivity index (χ4v) is 2.11. The summed E-state index contributed by atoms with van der Waals surface area (Å²) in [7, 11) is 0. The van der Waals surface area contributed by atoms with Gasteiger partial charge in [0.2, 0.25) is 0 Å². The molecule has 1 N–H and O–H groups in total. The van der Waals surface area contributed by atoms with Crippen molar-refractivity contribution in [3.05, 3.63) is 12.2 Å². The van der Waals surface area contributed by atoms with Gasteiger partial charge in [0.15, 0.2) is 0 Å². The van der Waals surface area contributed by atoms with Crippen molar-refractivity contribution in [3.8, 4) is 0 Å². The second-order valence-electron chi connectivity index (χ2n) is 6.24. The molecule has 0 heterocycles. The van der Waals surface area contributed by atoms with E-state index in [4.69, 9.17) is 0 Å². The summed E-state index contributed by atoms with van der Waals surface area (Å²) in [6.07, 6.45) is 9.38. The van der Waals surface area contributed by atoms with Crippen LogP contribution in [0.3, 0.4) is 0 Å². The van der Waals surface area contributed by atoms with Crippen LogP contribution < -0.4 is 0 Å². The highest BCUT2D eigenvalue weighted by Crippen LogP contribution is 2.26. The molecule has 2 unspecified atom stereocenters. The van der Waals surface area contributed by atoms with E-state index in [0.717, 1.165) is 25.7 Å². The lowest BCUT2D eigenvalue weighted by Crippen LogP contribution is -2.10. The second kappa shape index (κ2) is 7.89. The molecule has 0 aromatic rings. The van der Waals surface area contributed by atoms with E-state index in [1.807, 2.05) is 6.08 Å². The number of rotatable bonds is 7. The maximum Gasteiger partial charge on any atom is 0.0720 e. The average Bonchev–Trinajstić information content (AvgIpc) is 2.11. The third-order valence-electron chi connectivity index (χ3n) is 2.71. The third-order valence-corrected chi connectivity index (χ3v) is 2.71. The predicted octanol–water partition coefficient (Wildman–Crippen LogP) is 4.56. The van der Waals surface area contributed by atoms with E-state index in [1.54, 1.807) is 0 Å². The molecule has 0 amide bonds. The third kappa shape index (κ3) is 10.2. The van der Waals surface area contributed by atoms with Gasteiger partial charge in [-0.1, -0.05) is 59.6 Å². The monoisotopic (exact) mass is 226 g/mol. The molecule has 0 rings (SSSR count). The van der Waals surface area contributed by atoms with Crippen LogP contribution in [-0.4, -0.2) is 11.2 Å². The number of hydrogen-bond donors (Lipinski definition) is 1. The van der Waals surface area contributed by atoms with Crippen LogP contribution in [0.5, 0.6) is 0 Å². The highest BCUT2D eigenvalue weighted by molar-refractivity contribution is 4.89. The van der Waals surface area contributed by atoms with Crippen molar-refractivity contribution in [3.63, 3.8) is 0 Å². The largest absolute Gasteiger partial charge is 0.389 e. The zero-order valence-corrected chi connectivity index (χ0v) is 11.8. The lowest BCUT2D eigenvalue weighted by Gasteiger charge is -2.22. The first-order chi connectivity index (χ1) is 7.35. The SMILES string of the molecule is CCCCC(O)C=CCC(C)CC(C)(C)C. The van der Waals surface area contributed by atoms with Crippen molar-refractivity contribution in [2.45, 2.75) is 72.8 Å². The van der Waals surface area contributed by atoms with Crippen LogP contribution in [0.25, 0.3) is 0 Å². The number of unbranched alkanes of at least 4 members (excludes halogenated alkanes) is 1. The van der Waals surface area contributed by atoms with Crippen molar-refractivity contribution in [1.29, 1.82) is 0 Å². The van der Waals surface area contributed by atoms with Crippen molar-refractivity contribution in [2.75, 3.05) is 0 Å². The number of aliphatic hydroxyl groups is 1. The molecular formula is C15H30O. The van der Waals surface area contributed by atoms with Crippen LogP contribution in [0.1, 0.15) is 66.7 Å². The summed E-state index contributed by atoms with van der Waals surface area (Å²) in [6, 6.07) is 0. The molecule has 0 fully saturated rings. The predicted molar refractivity (Wildman–Crippen MR) is 72.5 cm³/mol. The molecule has 1 heteroatoms. The number of allylic oxidation sites excluding steroid dienone is 1. The zero-order valence-electron chi connectivity index (χ0n) is 11.8. The van der Waals surface area contributed by atoms with Gasteiger partial charge in [-0.3, -0.25) is 0 Å². The van der Waals surface area contributed by atoms with Gasteiger partial charge in [0.05, 0.1) is 6.10 Å². The Hall–Kier alpha value is -0.300. The second-order valence-corrected chi connectivity index (χ2v) is 6.24. The van der Waals surface area contributed by atoms with Gasteiger partial charge in [0, 0.05) is 0 Å². The van der Waals surface area contributed by atoms with Crippen LogP contribution in [0.2, 0.25) is 0 Å². The molecule has 0 spiro atoms. The van der Waals surface area contributed by atoms with Crippen LogP contribution in [-0.2, 0) is 0 Å². The summed E-state index contributed by atoms with van der Waals surface area (Å²) >= 11 is 0. The van der Waals surface area contributed by atoms with Gasteiger partial charge in [-0.25, -0.2) is 0 Å². The minimum Gasteiger partial charge on any atom is -0.389 e. The van der Waals surface area contributed by atoms with Gasteiger partial charge < -0.3 is 5.11 Å². The smallest absolute Gasteiger partial charge is 0.0720 e. The van der Waals surface area contributed by atoms with Crippen molar-refractivity contribution >= 4 is 0 Å². The molecule has 0 saturated heterocycles. The number of aliphatic hydroxyl groups excluding tert-OH is 1. The van der Waals surface area contributed by atoms with Gasteiger partial charge in [-0.15, -0.1) is 0 Å². The van der Waals surface area contributed by atoms with Crippen molar-refractivity contribution in [1.82, 2.24) is 0 Å². The molecule has 16 heavy (non-hydrogen) atoms. The van der Waals surface area contributed by atoms with Gasteiger partial charge >= 0.3 is 0 Å². The Labute approximate surface area is 102 Å². The van der Waals surface area contributed by atoms with E-state index in [9.17, 15) is 5.11 Å². The molecule has 0 aliphatic carbocycles. The van der Waals surface area contributed by atoms with E-state index in [1.165, 1.54) is 6.42 Å². The molecule has 2 atom stereocenters. The van der Waals surface area contributed by atoms with Crippen molar-refractivity contribution in [2.24, 2.45) is 11.3 Å². The summed E-state index contributed by atoms with van der Waals surface area (Å²) in [6.45, 7) is 11.3. The average molecular weight is 226 g/mol. The van der Waals surface area contributed by atoms with E-state index in [2.05, 4.69) is 40.7 Å². The molecule has 0 aromatic carbocycles. The van der Waals surface area contributed by atoms with Crippen LogP contribution in [0, 0.1) is 11.3 Å². The molecule has 0 radical (unpaired) electrons. The summed E-state index contributed by atoms with van der Waals surface area (Å²) in [5.41, 5.74) is 0.411. The Morgan fingerprint density at radius 2 is 1.88 bits per heavy atom. The lowest BCUT2D eigenvalue weighted by atomic mass is 9.84. The maximum atomic E-state index is 9.64. The first-order valence-corrected chi connectivity index (χ1v) is 6.70. The Morgan fingerprint density at radius 1 is 1.25 bits per heavy atom. The Kier molecular flexibility index (Phi) is 7.74. The van der Waals surface area contributed by atoms with Crippen LogP contribution in [0.15, 0.2) is 12.2 Å². The highest BCUT2D eigenvalue weighted by atomic mass is 16.3. The van der Waals surface area contributed by atoms with E-state index in [-0.39, 0.29) is 6.10 Å². The minimum absolute atomic E-state index is 0.234. The summed E-state index contributed by atoms with van der Waals surface area (Å²) in [4.78, 5) is 0. The van der Waals surface area contributed by atoms with Crippen molar-refractivity contribution < 1.29 is 5.11 Å². The van der Waals surface area contributed by atoms with Gasteiger partial charge in [-0.2, -0.15) is 0 Å². The molecule has 0 aromatic heterocycles. The maximum absolute atomic E-state index is 9.64. The molecular weight excluding hydrogens is 196 g/mol. The topological polar surface area (TPSA) is 20.2 Å². The fourth-order valence-electron chi connectivity index (χ4n) is 2.11. The fraction of sp³-hybridized carbons (Fsp3) is 0.867. The number of hydrogen-bond acceptors (Lipinski definition) is 1. The first-order valence-electron chi connectivity index (χ1n) is 6.70. The molecule has 1 nitrogen and oxygen atoms in total. The normalized spacial score (nSPS) is 16.6. The highest BCUT2D eigenvalue weighted by Gasteiger charge is 2.14. The molecule has 0 saturated carbocycles. The minimum atomic E-state index is -0.234. The quantitative estimate of drug-likeness (QED) is 0.631. The van der Waals surface area contributed by atoms with Gasteiger partial charge in [0.1, 0.15) is 0 Å². The summed E-state index contributed by atoms with van der Waals surface area (Å²) in [5.74, 6) is 0.703. The Balaban J connectivity index is 3.73. The molecule has 96 valence electrons. The van der Waals surface area contributed by atoms with Crippen LogP contribution in [0.4, 0.5) is 0 Å². The zero-order chi connectivity index (χ0) is 12.6. The first kappa shape index (κ1) is 15.7. The summed E-state index contributed by atoms with van der Waals surface area (Å²) in [5, 5.41) is 9.64. The van der Waals surface area contributed by atoms with Gasteiger partial charge in [-0.05, 0) is 30.6 Å². The van der Waals surface area contributed by atoms with Crippen LogP contribution >= 0.6 is 0 Å². The lowest BCUT2D eigenvalue weighted by molar-refractivity contribution is 0.208. The Morgan fingerprint density at radius 3 is 2.38 bits per heavy atom. The van der Waals surface area contributed by atoms with E-state index < -0.39 is 0 Å².